The molecule has 0 fully saturated rings. The highest BCUT2D eigenvalue weighted by Crippen LogP contribution is 2.45. The zero-order valence-corrected chi connectivity index (χ0v) is 19.1. The second-order valence-corrected chi connectivity index (χ2v) is 10.0. The quantitative estimate of drug-likeness (QED) is 0.254. The molecule has 2 heteroatoms. The van der Waals surface area contributed by atoms with Gasteiger partial charge in [0.2, 0.25) is 0 Å². The summed E-state index contributed by atoms with van der Waals surface area (Å²) in [7, 11) is 0. The van der Waals surface area contributed by atoms with Crippen molar-refractivity contribution in [2.45, 2.75) is 0 Å². The first-order valence-corrected chi connectivity index (χ1v) is 12.2. The molecule has 2 aromatic heterocycles. The zero-order chi connectivity index (χ0) is 21.7. The highest BCUT2D eigenvalue weighted by Gasteiger charge is 2.13. The molecule has 6 aromatic rings. The van der Waals surface area contributed by atoms with Crippen LogP contribution in [0.1, 0.15) is 11.1 Å². The molecule has 0 aliphatic heterocycles. The van der Waals surface area contributed by atoms with Gasteiger partial charge in [0.25, 0.3) is 0 Å². The molecule has 0 atom stereocenters. The van der Waals surface area contributed by atoms with E-state index < -0.39 is 0 Å². The van der Waals surface area contributed by atoms with Crippen molar-refractivity contribution in [3.63, 3.8) is 0 Å². The highest BCUT2D eigenvalue weighted by molar-refractivity contribution is 7.36. The molecular formula is C30H20S2. The van der Waals surface area contributed by atoms with Gasteiger partial charge in [0.1, 0.15) is 0 Å². The summed E-state index contributed by atoms with van der Waals surface area (Å²) in [4.78, 5) is 0. The molecule has 2 heterocycles. The zero-order valence-electron chi connectivity index (χ0n) is 17.5. The molecule has 0 aliphatic rings. The fourth-order valence-corrected chi connectivity index (χ4v) is 6.97. The minimum absolute atomic E-state index is 1.15. The number of thiophene rings is 2. The van der Waals surface area contributed by atoms with E-state index in [1.807, 2.05) is 34.8 Å². The molecule has 6 rings (SSSR count). The van der Waals surface area contributed by atoms with Crippen molar-refractivity contribution in [3.8, 4) is 22.3 Å². The molecule has 0 nitrogen and oxygen atoms in total. The summed E-state index contributed by atoms with van der Waals surface area (Å²) in [5.41, 5.74) is 7.30. The van der Waals surface area contributed by atoms with Crippen LogP contribution in [0.15, 0.2) is 98.1 Å². The third kappa shape index (κ3) is 3.12. The maximum Gasteiger partial charge on any atom is 0.0542 e. The molecule has 0 unspecified atom stereocenters. The molecule has 0 saturated heterocycles. The third-order valence-corrected chi connectivity index (χ3v) is 8.54. The van der Waals surface area contributed by atoms with Gasteiger partial charge in [-0.05, 0) is 45.5 Å². The van der Waals surface area contributed by atoms with E-state index in [-0.39, 0.29) is 0 Å². The Morgan fingerprint density at radius 3 is 1.22 bits per heavy atom. The minimum atomic E-state index is 1.15. The lowest BCUT2D eigenvalue weighted by atomic mass is 10.0. The van der Waals surface area contributed by atoms with Crippen molar-refractivity contribution in [1.29, 1.82) is 0 Å². The van der Waals surface area contributed by atoms with E-state index in [1.54, 1.807) is 0 Å². The van der Waals surface area contributed by atoms with Crippen LogP contribution in [0.2, 0.25) is 0 Å². The number of rotatable bonds is 4. The Labute approximate surface area is 195 Å². The summed E-state index contributed by atoms with van der Waals surface area (Å²) < 4.78 is 5.49. The second-order valence-electron chi connectivity index (χ2n) is 7.94. The van der Waals surface area contributed by atoms with E-state index in [4.69, 9.17) is 0 Å². The largest absolute Gasteiger partial charge is 0.134 e. The van der Waals surface area contributed by atoms with Crippen molar-refractivity contribution in [2.75, 3.05) is 0 Å². The van der Waals surface area contributed by atoms with Crippen molar-refractivity contribution in [3.05, 3.63) is 109 Å². The van der Waals surface area contributed by atoms with Crippen molar-refractivity contribution < 1.29 is 0 Å². The third-order valence-electron chi connectivity index (χ3n) is 6.04. The van der Waals surface area contributed by atoms with Gasteiger partial charge in [0, 0.05) is 20.2 Å². The molecular weight excluding hydrogens is 424 g/mol. The molecule has 4 aromatic carbocycles. The van der Waals surface area contributed by atoms with Gasteiger partial charge < -0.3 is 0 Å². The summed E-state index contributed by atoms with van der Waals surface area (Å²) in [6.45, 7) is 7.69. The van der Waals surface area contributed by atoms with Gasteiger partial charge in [-0.25, -0.2) is 0 Å². The summed E-state index contributed by atoms with van der Waals surface area (Å²) >= 11 is 3.81. The Morgan fingerprint density at radius 1 is 0.469 bits per heavy atom. The van der Waals surface area contributed by atoms with Crippen LogP contribution >= 0.6 is 22.7 Å². The molecule has 0 amide bonds. The van der Waals surface area contributed by atoms with Gasteiger partial charge >= 0.3 is 0 Å². The van der Waals surface area contributed by atoms with Gasteiger partial charge in [0.05, 0.1) is 9.40 Å². The van der Waals surface area contributed by atoms with Crippen LogP contribution in [0.3, 0.4) is 0 Å². The first kappa shape index (κ1) is 19.2. The standard InChI is InChI=1S/C30H20S2/c1-3-19-5-9-21(10-6-19)23-13-15-25-27(17-23)31-30-26-16-14-24(18-28(26)32-29(25)30)22-11-7-20(4-2)8-12-22/h3-18H,1-2H2. The summed E-state index contributed by atoms with van der Waals surface area (Å²) in [6.07, 6.45) is 3.76. The lowest BCUT2D eigenvalue weighted by Crippen LogP contribution is -1.78. The van der Waals surface area contributed by atoms with Crippen molar-refractivity contribution >= 4 is 64.4 Å². The first-order valence-electron chi connectivity index (χ1n) is 10.6. The Hall–Kier alpha value is -3.46. The van der Waals surface area contributed by atoms with Gasteiger partial charge in [-0.3, -0.25) is 0 Å². The molecule has 152 valence electrons. The molecule has 32 heavy (non-hydrogen) atoms. The predicted molar refractivity (Wildman–Crippen MR) is 146 cm³/mol. The van der Waals surface area contributed by atoms with E-state index in [9.17, 15) is 0 Å². The molecule has 0 bridgehead atoms. The van der Waals surface area contributed by atoms with E-state index >= 15 is 0 Å². The van der Waals surface area contributed by atoms with Crippen LogP contribution in [0.25, 0.3) is 64.0 Å². The molecule has 0 N–H and O–H groups in total. The lowest BCUT2D eigenvalue weighted by molar-refractivity contribution is 1.63. The van der Waals surface area contributed by atoms with Crippen LogP contribution in [0, 0.1) is 0 Å². The SMILES string of the molecule is C=Cc1ccc(-c2ccc3c(c2)sc2c4ccc(-c5ccc(C=C)cc5)cc4sc32)cc1. The fraction of sp³-hybridized carbons (Fsp3) is 0. The topological polar surface area (TPSA) is 0 Å². The Bertz CT molecular complexity index is 1500. The Kier molecular flexibility index (Phi) is 4.57. The highest BCUT2D eigenvalue weighted by atomic mass is 32.1. The minimum Gasteiger partial charge on any atom is -0.134 e. The number of fused-ring (bicyclic) bond motifs is 5. The van der Waals surface area contributed by atoms with E-state index in [0.717, 1.165) is 11.1 Å². The number of hydrogen-bond donors (Lipinski definition) is 0. The lowest BCUT2D eigenvalue weighted by Gasteiger charge is -2.03. The van der Waals surface area contributed by atoms with Crippen LogP contribution in [-0.2, 0) is 0 Å². The Balaban J connectivity index is 1.44. The predicted octanol–water partition coefficient (Wildman–Crippen LogP) is 9.89. The fourth-order valence-electron chi connectivity index (χ4n) is 4.24. The summed E-state index contributed by atoms with van der Waals surface area (Å²) in [6, 6.07) is 30.9. The smallest absolute Gasteiger partial charge is 0.0542 e. The van der Waals surface area contributed by atoms with E-state index in [2.05, 4.69) is 98.1 Å². The number of benzene rings is 4. The Morgan fingerprint density at radius 2 is 0.844 bits per heavy atom. The normalized spacial score (nSPS) is 11.4. The van der Waals surface area contributed by atoms with Crippen LogP contribution in [-0.4, -0.2) is 0 Å². The maximum absolute atomic E-state index is 3.85. The molecule has 0 spiro atoms. The van der Waals surface area contributed by atoms with E-state index in [1.165, 1.54) is 51.8 Å². The van der Waals surface area contributed by atoms with Crippen molar-refractivity contribution in [2.24, 2.45) is 0 Å². The average Bonchev–Trinajstić information content (AvgIpc) is 3.39. The average molecular weight is 445 g/mol. The van der Waals surface area contributed by atoms with Crippen molar-refractivity contribution in [1.82, 2.24) is 0 Å². The number of hydrogen-bond acceptors (Lipinski definition) is 2. The summed E-state index contributed by atoms with van der Waals surface area (Å²) in [5, 5.41) is 2.71. The second kappa shape index (κ2) is 7.59. The molecule has 0 aliphatic carbocycles. The monoisotopic (exact) mass is 444 g/mol. The summed E-state index contributed by atoms with van der Waals surface area (Å²) in [5.74, 6) is 0. The van der Waals surface area contributed by atoms with Gasteiger partial charge in [-0.2, -0.15) is 0 Å². The van der Waals surface area contributed by atoms with Crippen LogP contribution in [0.4, 0.5) is 0 Å². The molecule has 0 saturated carbocycles. The van der Waals surface area contributed by atoms with Crippen LogP contribution in [0.5, 0.6) is 0 Å². The van der Waals surface area contributed by atoms with Crippen LogP contribution < -0.4 is 0 Å². The van der Waals surface area contributed by atoms with Gasteiger partial charge in [0.15, 0.2) is 0 Å². The van der Waals surface area contributed by atoms with Gasteiger partial charge in [-0.15, -0.1) is 22.7 Å². The van der Waals surface area contributed by atoms with E-state index in [0.29, 0.717) is 0 Å². The first-order chi connectivity index (χ1) is 15.7. The molecule has 0 radical (unpaired) electrons. The van der Waals surface area contributed by atoms with Gasteiger partial charge in [-0.1, -0.05) is 98.1 Å². The maximum atomic E-state index is 3.85.